The lowest BCUT2D eigenvalue weighted by Gasteiger charge is -2.18. The summed E-state index contributed by atoms with van der Waals surface area (Å²) in [5.74, 6) is 0. The topological polar surface area (TPSA) is 74.6 Å². The fourth-order valence-electron chi connectivity index (χ4n) is 1.79. The second kappa shape index (κ2) is 6.85. The van der Waals surface area contributed by atoms with E-state index in [0.717, 1.165) is 5.69 Å². The molecule has 1 aromatic heterocycles. The van der Waals surface area contributed by atoms with E-state index >= 15 is 0 Å². The van der Waals surface area contributed by atoms with E-state index in [-0.39, 0.29) is 24.6 Å². The van der Waals surface area contributed by atoms with Crippen molar-refractivity contribution in [2.45, 2.75) is 11.4 Å². The number of aliphatic hydroxyl groups is 1. The van der Waals surface area contributed by atoms with Gasteiger partial charge in [-0.05, 0) is 13.1 Å². The number of aliphatic hydroxyl groups excluding tert-OH is 1. The lowest BCUT2D eigenvalue weighted by atomic mass is 10.4. The normalized spacial score (nSPS) is 12.0. The molecule has 0 spiro atoms. The summed E-state index contributed by atoms with van der Waals surface area (Å²) in [6.07, 6.45) is 3.08. The van der Waals surface area contributed by atoms with Gasteiger partial charge in [0, 0.05) is 38.6 Å². The molecule has 0 atom stereocenters. The summed E-state index contributed by atoms with van der Waals surface area (Å²) in [6, 6.07) is 1.64. The van der Waals surface area contributed by atoms with E-state index in [2.05, 4.69) is 11.9 Å². The smallest absolute Gasteiger partial charge is 0.244 e. The SMILES string of the molecule is C=CCN(CCO)S(=O)(=O)c1cc(CNC)n(C)c1. The van der Waals surface area contributed by atoms with Crippen LogP contribution < -0.4 is 5.32 Å². The minimum atomic E-state index is -3.59. The molecule has 0 aliphatic heterocycles. The van der Waals surface area contributed by atoms with E-state index in [1.165, 1.54) is 10.4 Å². The van der Waals surface area contributed by atoms with Gasteiger partial charge in [0.25, 0.3) is 0 Å². The Balaban J connectivity index is 3.10. The van der Waals surface area contributed by atoms with Crippen molar-refractivity contribution >= 4 is 10.0 Å². The summed E-state index contributed by atoms with van der Waals surface area (Å²) in [6.45, 7) is 4.15. The Morgan fingerprint density at radius 2 is 2.26 bits per heavy atom. The van der Waals surface area contributed by atoms with Crippen LogP contribution in [0.5, 0.6) is 0 Å². The number of nitrogens with zero attached hydrogens (tertiary/aromatic N) is 2. The van der Waals surface area contributed by atoms with Gasteiger partial charge >= 0.3 is 0 Å². The van der Waals surface area contributed by atoms with Gasteiger partial charge < -0.3 is 15.0 Å². The van der Waals surface area contributed by atoms with Gasteiger partial charge in [-0.1, -0.05) is 6.08 Å². The molecule has 0 radical (unpaired) electrons. The Kier molecular flexibility index (Phi) is 5.74. The van der Waals surface area contributed by atoms with E-state index in [0.29, 0.717) is 6.54 Å². The Bertz CT molecular complexity index is 522. The van der Waals surface area contributed by atoms with Crippen LogP contribution >= 0.6 is 0 Å². The first kappa shape index (κ1) is 15.9. The number of sulfonamides is 1. The molecule has 1 aromatic rings. The number of nitrogens with one attached hydrogen (secondary N) is 1. The molecule has 2 N–H and O–H groups in total. The third kappa shape index (κ3) is 3.66. The van der Waals surface area contributed by atoms with Crippen LogP contribution in [0.25, 0.3) is 0 Å². The molecule has 0 saturated carbocycles. The van der Waals surface area contributed by atoms with Gasteiger partial charge in [-0.2, -0.15) is 4.31 Å². The Hall–Kier alpha value is -1.15. The molecule has 0 amide bonds. The molecule has 1 heterocycles. The van der Waals surface area contributed by atoms with Gasteiger partial charge in [0.1, 0.15) is 4.90 Å². The van der Waals surface area contributed by atoms with Gasteiger partial charge in [-0.3, -0.25) is 0 Å². The largest absolute Gasteiger partial charge is 0.395 e. The number of aryl methyl sites for hydroxylation is 1. The zero-order valence-corrected chi connectivity index (χ0v) is 12.2. The summed E-state index contributed by atoms with van der Waals surface area (Å²) in [7, 11) is 0.0118. The second-order valence-electron chi connectivity index (χ2n) is 4.18. The molecule has 0 aliphatic rings. The number of rotatable bonds is 8. The average Bonchev–Trinajstić information content (AvgIpc) is 2.72. The highest BCUT2D eigenvalue weighted by atomic mass is 32.2. The summed E-state index contributed by atoms with van der Waals surface area (Å²) < 4.78 is 27.8. The molecule has 0 fully saturated rings. The van der Waals surface area contributed by atoms with Crippen molar-refractivity contribution in [3.8, 4) is 0 Å². The summed E-state index contributed by atoms with van der Waals surface area (Å²) in [5, 5.41) is 11.9. The Morgan fingerprint density at radius 3 is 2.79 bits per heavy atom. The molecular weight excluding hydrogens is 266 g/mol. The molecule has 7 heteroatoms. The number of aromatic nitrogens is 1. The maximum Gasteiger partial charge on any atom is 0.244 e. The highest BCUT2D eigenvalue weighted by Crippen LogP contribution is 2.18. The molecule has 0 saturated heterocycles. The van der Waals surface area contributed by atoms with Crippen molar-refractivity contribution in [3.05, 3.63) is 30.6 Å². The molecule has 0 bridgehead atoms. The third-order valence-corrected chi connectivity index (χ3v) is 4.59. The van der Waals surface area contributed by atoms with E-state index in [1.807, 2.05) is 0 Å². The molecule has 1 rings (SSSR count). The lowest BCUT2D eigenvalue weighted by molar-refractivity contribution is 0.260. The zero-order chi connectivity index (χ0) is 14.5. The first-order chi connectivity index (χ1) is 8.97. The molecule has 19 heavy (non-hydrogen) atoms. The van der Waals surface area contributed by atoms with Crippen LogP contribution in [0.15, 0.2) is 29.8 Å². The van der Waals surface area contributed by atoms with Crippen LogP contribution in [0.3, 0.4) is 0 Å². The summed E-state index contributed by atoms with van der Waals surface area (Å²) in [4.78, 5) is 0.232. The van der Waals surface area contributed by atoms with Crippen LogP contribution in [-0.2, 0) is 23.6 Å². The lowest BCUT2D eigenvalue weighted by Crippen LogP contribution is -2.33. The summed E-state index contributed by atoms with van der Waals surface area (Å²) >= 11 is 0. The molecule has 0 aromatic carbocycles. The van der Waals surface area contributed by atoms with Crippen molar-refractivity contribution in [1.82, 2.24) is 14.2 Å². The van der Waals surface area contributed by atoms with Gasteiger partial charge in [-0.25, -0.2) is 8.42 Å². The van der Waals surface area contributed by atoms with Crippen molar-refractivity contribution in [1.29, 1.82) is 0 Å². The van der Waals surface area contributed by atoms with Crippen molar-refractivity contribution in [2.75, 3.05) is 26.7 Å². The third-order valence-electron chi connectivity index (χ3n) is 2.76. The predicted octanol–water partition coefficient (Wildman–Crippen LogP) is -0.0865. The average molecular weight is 287 g/mol. The van der Waals surface area contributed by atoms with Crippen molar-refractivity contribution < 1.29 is 13.5 Å². The quantitative estimate of drug-likeness (QED) is 0.656. The Labute approximate surface area is 114 Å². The van der Waals surface area contributed by atoms with Gasteiger partial charge in [-0.15, -0.1) is 6.58 Å². The minimum Gasteiger partial charge on any atom is -0.395 e. The fraction of sp³-hybridized carbons (Fsp3) is 0.500. The summed E-state index contributed by atoms with van der Waals surface area (Å²) in [5.41, 5.74) is 0.878. The van der Waals surface area contributed by atoms with Crippen LogP contribution in [-0.4, -0.2) is 49.1 Å². The highest BCUT2D eigenvalue weighted by molar-refractivity contribution is 7.89. The van der Waals surface area contributed by atoms with Crippen LogP contribution in [0.1, 0.15) is 5.69 Å². The second-order valence-corrected chi connectivity index (χ2v) is 6.12. The standard InChI is InChI=1S/C12H21N3O3S/c1-4-5-15(6-7-16)19(17,18)12-8-11(9-13-2)14(3)10-12/h4,8,10,13,16H,1,5-7,9H2,2-3H3. The highest BCUT2D eigenvalue weighted by Gasteiger charge is 2.24. The molecule has 6 nitrogen and oxygen atoms in total. The minimum absolute atomic E-state index is 0.0601. The molecule has 108 valence electrons. The molecule has 0 aliphatic carbocycles. The molecule has 0 unspecified atom stereocenters. The van der Waals surface area contributed by atoms with E-state index in [4.69, 9.17) is 5.11 Å². The predicted molar refractivity (Wildman–Crippen MR) is 74.2 cm³/mol. The maximum absolute atomic E-state index is 12.4. The van der Waals surface area contributed by atoms with Gasteiger partial charge in [0.15, 0.2) is 0 Å². The van der Waals surface area contributed by atoms with E-state index in [1.54, 1.807) is 30.9 Å². The first-order valence-corrected chi connectivity index (χ1v) is 7.43. The van der Waals surface area contributed by atoms with Crippen LogP contribution in [0.2, 0.25) is 0 Å². The maximum atomic E-state index is 12.4. The zero-order valence-electron chi connectivity index (χ0n) is 11.3. The van der Waals surface area contributed by atoms with Gasteiger partial charge in [0.05, 0.1) is 6.61 Å². The van der Waals surface area contributed by atoms with Crippen LogP contribution in [0, 0.1) is 0 Å². The van der Waals surface area contributed by atoms with E-state index < -0.39 is 10.0 Å². The monoisotopic (exact) mass is 287 g/mol. The first-order valence-electron chi connectivity index (χ1n) is 5.99. The fourth-order valence-corrected chi connectivity index (χ4v) is 3.29. The van der Waals surface area contributed by atoms with Crippen molar-refractivity contribution in [2.24, 2.45) is 7.05 Å². The van der Waals surface area contributed by atoms with E-state index in [9.17, 15) is 8.42 Å². The van der Waals surface area contributed by atoms with Gasteiger partial charge in [0.2, 0.25) is 10.0 Å². The Morgan fingerprint density at radius 1 is 1.58 bits per heavy atom. The number of hydrogen-bond acceptors (Lipinski definition) is 4. The number of hydrogen-bond donors (Lipinski definition) is 2. The molecular formula is C12H21N3O3S. The van der Waals surface area contributed by atoms with Crippen molar-refractivity contribution in [3.63, 3.8) is 0 Å². The van der Waals surface area contributed by atoms with Crippen LogP contribution in [0.4, 0.5) is 0 Å².